The topological polar surface area (TPSA) is 57.1 Å². The van der Waals surface area contributed by atoms with E-state index in [0.717, 1.165) is 35.7 Å². The van der Waals surface area contributed by atoms with Gasteiger partial charge < -0.3 is 5.32 Å². The Kier molecular flexibility index (Phi) is 5.76. The summed E-state index contributed by atoms with van der Waals surface area (Å²) in [5.41, 5.74) is 3.32. The fraction of sp³-hybridized carbons (Fsp3) is 0.318. The number of nitrogens with zero attached hydrogens (tertiary/aromatic N) is 3. The number of carbonyl (C=O) groups excluding carboxylic acids is 1. The zero-order valence-electron chi connectivity index (χ0n) is 15.9. The lowest BCUT2D eigenvalue weighted by molar-refractivity contribution is -0.119. The Bertz CT molecular complexity index is 896. The molecule has 0 saturated heterocycles. The smallest absolute Gasteiger partial charge is 0.230 e. The molecule has 0 bridgehead atoms. The predicted octanol–water partition coefficient (Wildman–Crippen LogP) is 4.81. The van der Waals surface area contributed by atoms with Crippen molar-refractivity contribution in [1.82, 2.24) is 10.3 Å². The molecule has 2 aromatic carbocycles. The molecule has 2 atom stereocenters. The lowest BCUT2D eigenvalue weighted by atomic mass is 10.0. The van der Waals surface area contributed by atoms with E-state index in [2.05, 4.69) is 35.5 Å². The SMILES string of the molecule is CCCC(NC(=O)CSC1=Nc2ccccc2C2CC=NN12)c1ccccc1. The molecule has 2 aromatic rings. The maximum Gasteiger partial charge on any atom is 0.230 e. The van der Waals surface area contributed by atoms with Crippen molar-refractivity contribution in [2.75, 3.05) is 5.75 Å². The Hall–Kier alpha value is -2.60. The lowest BCUT2D eigenvalue weighted by Gasteiger charge is -2.29. The molecule has 0 saturated carbocycles. The zero-order valence-corrected chi connectivity index (χ0v) is 16.7. The minimum Gasteiger partial charge on any atom is -0.349 e. The molecule has 1 N–H and O–H groups in total. The van der Waals surface area contributed by atoms with Gasteiger partial charge in [0.15, 0.2) is 5.17 Å². The minimum atomic E-state index is 0.0218. The molecule has 0 fully saturated rings. The number of amidine groups is 1. The average molecular weight is 393 g/mol. The van der Waals surface area contributed by atoms with Gasteiger partial charge in [0.1, 0.15) is 0 Å². The quantitative estimate of drug-likeness (QED) is 0.767. The van der Waals surface area contributed by atoms with E-state index in [1.807, 2.05) is 47.6 Å². The monoisotopic (exact) mass is 392 g/mol. The summed E-state index contributed by atoms with van der Waals surface area (Å²) in [6.07, 6.45) is 4.73. The molecule has 0 aromatic heterocycles. The third kappa shape index (κ3) is 3.97. The van der Waals surface area contributed by atoms with Crippen molar-refractivity contribution in [3.05, 3.63) is 65.7 Å². The van der Waals surface area contributed by atoms with Crippen LogP contribution in [0.5, 0.6) is 0 Å². The number of amides is 1. The number of hydrazone groups is 1. The van der Waals surface area contributed by atoms with Crippen LogP contribution in [0, 0.1) is 0 Å². The normalized spacial score (nSPS) is 18.2. The molecular weight excluding hydrogens is 368 g/mol. The van der Waals surface area contributed by atoms with E-state index >= 15 is 0 Å². The Labute approximate surface area is 169 Å². The summed E-state index contributed by atoms with van der Waals surface area (Å²) < 4.78 is 0. The highest BCUT2D eigenvalue weighted by Crippen LogP contribution is 2.40. The van der Waals surface area contributed by atoms with Crippen LogP contribution in [0.1, 0.15) is 49.4 Å². The van der Waals surface area contributed by atoms with Gasteiger partial charge >= 0.3 is 0 Å². The van der Waals surface area contributed by atoms with E-state index in [0.29, 0.717) is 5.75 Å². The van der Waals surface area contributed by atoms with E-state index in [9.17, 15) is 4.79 Å². The number of benzene rings is 2. The average Bonchev–Trinajstić information content (AvgIpc) is 3.23. The first kappa shape index (κ1) is 18.7. The molecule has 0 radical (unpaired) electrons. The van der Waals surface area contributed by atoms with E-state index in [-0.39, 0.29) is 18.0 Å². The number of nitrogens with one attached hydrogen (secondary N) is 1. The van der Waals surface area contributed by atoms with Crippen molar-refractivity contribution < 1.29 is 4.79 Å². The highest BCUT2D eigenvalue weighted by atomic mass is 32.2. The van der Waals surface area contributed by atoms with Crippen LogP contribution in [0.4, 0.5) is 5.69 Å². The van der Waals surface area contributed by atoms with Crippen molar-refractivity contribution in [3.8, 4) is 0 Å². The fourth-order valence-electron chi connectivity index (χ4n) is 3.64. The summed E-state index contributed by atoms with van der Waals surface area (Å²) >= 11 is 1.45. The number of thioether (sulfide) groups is 1. The van der Waals surface area contributed by atoms with E-state index in [1.54, 1.807) is 0 Å². The highest BCUT2D eigenvalue weighted by Gasteiger charge is 2.32. The Morgan fingerprint density at radius 2 is 2.00 bits per heavy atom. The van der Waals surface area contributed by atoms with Gasteiger partial charge in [0.2, 0.25) is 5.91 Å². The number of hydrogen-bond donors (Lipinski definition) is 1. The summed E-state index contributed by atoms with van der Waals surface area (Å²) in [4.78, 5) is 17.4. The van der Waals surface area contributed by atoms with Crippen LogP contribution in [0.15, 0.2) is 64.7 Å². The molecule has 2 unspecified atom stereocenters. The molecular formula is C22H24N4OS. The van der Waals surface area contributed by atoms with Crippen LogP contribution in [0.25, 0.3) is 0 Å². The molecule has 28 heavy (non-hydrogen) atoms. The van der Waals surface area contributed by atoms with Crippen LogP contribution in [-0.2, 0) is 4.79 Å². The van der Waals surface area contributed by atoms with Gasteiger partial charge in [-0.3, -0.25) is 4.79 Å². The second kappa shape index (κ2) is 8.61. The van der Waals surface area contributed by atoms with Crippen LogP contribution in [-0.4, -0.2) is 28.1 Å². The predicted molar refractivity (Wildman–Crippen MR) is 116 cm³/mol. The molecule has 144 valence electrons. The lowest BCUT2D eigenvalue weighted by Crippen LogP contribution is -2.32. The second-order valence-electron chi connectivity index (χ2n) is 6.96. The third-order valence-corrected chi connectivity index (χ3v) is 5.93. The number of hydrogen-bond acceptors (Lipinski definition) is 5. The number of carbonyl (C=O) groups is 1. The molecule has 6 heteroatoms. The van der Waals surface area contributed by atoms with Crippen molar-refractivity contribution in [1.29, 1.82) is 0 Å². The van der Waals surface area contributed by atoms with Gasteiger partial charge in [0, 0.05) is 18.2 Å². The van der Waals surface area contributed by atoms with Crippen molar-refractivity contribution >= 4 is 34.7 Å². The first-order valence-corrected chi connectivity index (χ1v) is 10.7. The van der Waals surface area contributed by atoms with Gasteiger partial charge in [0.25, 0.3) is 0 Å². The third-order valence-electron chi connectivity index (χ3n) is 4.98. The van der Waals surface area contributed by atoms with Crippen LogP contribution < -0.4 is 5.32 Å². The van der Waals surface area contributed by atoms with Gasteiger partial charge in [-0.05, 0) is 18.1 Å². The van der Waals surface area contributed by atoms with E-state index in [1.165, 1.54) is 17.3 Å². The molecule has 0 aliphatic carbocycles. The summed E-state index contributed by atoms with van der Waals surface area (Å²) in [6, 6.07) is 18.6. The number of fused-ring (bicyclic) bond motifs is 3. The zero-order chi connectivity index (χ0) is 19.3. The van der Waals surface area contributed by atoms with Crippen molar-refractivity contribution in [3.63, 3.8) is 0 Å². The number of rotatable bonds is 6. The molecule has 2 aliphatic rings. The van der Waals surface area contributed by atoms with Gasteiger partial charge in [-0.2, -0.15) is 5.10 Å². The Balaban J connectivity index is 1.43. The van der Waals surface area contributed by atoms with Crippen molar-refractivity contribution in [2.45, 2.75) is 38.3 Å². The fourth-order valence-corrected chi connectivity index (χ4v) is 4.46. The molecule has 2 heterocycles. The first-order chi connectivity index (χ1) is 13.8. The maximum atomic E-state index is 12.6. The molecule has 4 rings (SSSR count). The number of para-hydroxylation sites is 1. The minimum absolute atomic E-state index is 0.0218. The van der Waals surface area contributed by atoms with Gasteiger partial charge in [-0.25, -0.2) is 10.0 Å². The molecule has 0 spiro atoms. The van der Waals surface area contributed by atoms with Gasteiger partial charge in [0.05, 0.1) is 23.5 Å². The second-order valence-corrected chi connectivity index (χ2v) is 7.90. The maximum absolute atomic E-state index is 12.6. The molecule has 1 amide bonds. The van der Waals surface area contributed by atoms with Gasteiger partial charge in [-0.15, -0.1) is 0 Å². The standard InChI is InChI=1S/C22H24N4OS/c1-2-8-18(16-9-4-3-5-10-16)24-21(27)15-28-22-25-19-12-7-6-11-17(19)20-13-14-23-26(20)22/h3-7,9-12,14,18,20H,2,8,13,15H2,1H3,(H,24,27). The van der Waals surface area contributed by atoms with Crippen molar-refractivity contribution in [2.24, 2.45) is 10.1 Å². The Morgan fingerprint density at radius 1 is 1.21 bits per heavy atom. The molecule has 2 aliphatic heterocycles. The first-order valence-electron chi connectivity index (χ1n) is 9.72. The van der Waals surface area contributed by atoms with Crippen LogP contribution in [0.2, 0.25) is 0 Å². The van der Waals surface area contributed by atoms with Gasteiger partial charge in [-0.1, -0.05) is 73.6 Å². The summed E-state index contributed by atoms with van der Waals surface area (Å²) in [5.74, 6) is 0.348. The van der Waals surface area contributed by atoms with Crippen LogP contribution >= 0.6 is 11.8 Å². The Morgan fingerprint density at radius 3 is 2.82 bits per heavy atom. The van der Waals surface area contributed by atoms with E-state index in [4.69, 9.17) is 4.99 Å². The molecule has 5 nitrogen and oxygen atoms in total. The highest BCUT2D eigenvalue weighted by molar-refractivity contribution is 8.14. The summed E-state index contributed by atoms with van der Waals surface area (Å²) in [7, 11) is 0. The van der Waals surface area contributed by atoms with Crippen LogP contribution in [0.3, 0.4) is 0 Å². The number of aliphatic imine (C=N–C) groups is 1. The summed E-state index contributed by atoms with van der Waals surface area (Å²) in [5, 5.41) is 10.4. The van der Waals surface area contributed by atoms with E-state index < -0.39 is 0 Å². The largest absolute Gasteiger partial charge is 0.349 e. The summed E-state index contributed by atoms with van der Waals surface area (Å²) in [6.45, 7) is 2.14.